The minimum atomic E-state index is -0.560. The molecule has 144 valence electrons. The molecule has 2 aromatic carbocycles. The number of nitrogens with zero attached hydrogens (tertiary/aromatic N) is 1. The molecule has 9 nitrogen and oxygen atoms in total. The van der Waals surface area contributed by atoms with Crippen LogP contribution in [0.2, 0.25) is 0 Å². The van der Waals surface area contributed by atoms with Gasteiger partial charge in [-0.15, -0.1) is 0 Å². The molecule has 10 heteroatoms. The van der Waals surface area contributed by atoms with Gasteiger partial charge in [-0.1, -0.05) is 30.3 Å². The Morgan fingerprint density at radius 1 is 1.07 bits per heavy atom. The van der Waals surface area contributed by atoms with E-state index in [0.29, 0.717) is 5.75 Å². The van der Waals surface area contributed by atoms with Crippen LogP contribution in [0.4, 0.5) is 5.69 Å². The van der Waals surface area contributed by atoms with Crippen molar-refractivity contribution in [2.24, 2.45) is 0 Å². The van der Waals surface area contributed by atoms with Gasteiger partial charge in [0.2, 0.25) is 5.91 Å². The number of amides is 2. The Morgan fingerprint density at radius 2 is 1.75 bits per heavy atom. The van der Waals surface area contributed by atoms with E-state index in [4.69, 9.17) is 17.0 Å². The smallest absolute Gasteiger partial charge is 0.276 e. The van der Waals surface area contributed by atoms with Gasteiger partial charge in [-0.25, -0.2) is 0 Å². The first-order chi connectivity index (χ1) is 13.4. The van der Waals surface area contributed by atoms with Gasteiger partial charge < -0.3 is 4.74 Å². The normalized spacial score (nSPS) is 10.1. The molecule has 0 atom stereocenters. The number of benzene rings is 2. The molecule has 0 spiro atoms. The van der Waals surface area contributed by atoms with E-state index < -0.39 is 16.7 Å². The number of nitro benzene ring substituents is 1. The Morgan fingerprint density at radius 3 is 2.39 bits per heavy atom. The van der Waals surface area contributed by atoms with Crippen LogP contribution in [0, 0.1) is 10.1 Å². The Bertz CT molecular complexity index is 885. The van der Waals surface area contributed by atoms with Crippen molar-refractivity contribution < 1.29 is 19.2 Å². The molecule has 28 heavy (non-hydrogen) atoms. The zero-order valence-electron chi connectivity index (χ0n) is 14.5. The third-order valence-electron chi connectivity index (χ3n) is 3.20. The lowest BCUT2D eigenvalue weighted by Crippen LogP contribution is -2.49. The lowest BCUT2D eigenvalue weighted by Gasteiger charge is -2.10. The van der Waals surface area contributed by atoms with E-state index in [1.54, 1.807) is 6.08 Å². The van der Waals surface area contributed by atoms with Crippen molar-refractivity contribution in [3.05, 3.63) is 76.4 Å². The number of nitro groups is 1. The van der Waals surface area contributed by atoms with Crippen molar-refractivity contribution in [3.63, 3.8) is 0 Å². The summed E-state index contributed by atoms with van der Waals surface area (Å²) in [6.07, 6.45) is 2.93. The number of ether oxygens (including phenoxy) is 1. The monoisotopic (exact) mass is 400 g/mol. The molecule has 0 aliphatic rings. The van der Waals surface area contributed by atoms with E-state index in [1.807, 2.05) is 30.3 Å². The molecule has 0 aromatic heterocycles. The molecule has 0 aliphatic heterocycles. The van der Waals surface area contributed by atoms with Crippen molar-refractivity contribution >= 4 is 40.9 Å². The summed E-state index contributed by atoms with van der Waals surface area (Å²) in [6, 6.07) is 14.5. The highest BCUT2D eigenvalue weighted by Crippen LogP contribution is 2.16. The summed E-state index contributed by atoms with van der Waals surface area (Å²) in [5.41, 5.74) is 5.40. The quantitative estimate of drug-likeness (QED) is 0.292. The molecule has 0 bridgehead atoms. The second-order valence-electron chi connectivity index (χ2n) is 5.28. The molecule has 2 amide bonds. The first-order valence-electron chi connectivity index (χ1n) is 7.94. The van der Waals surface area contributed by atoms with E-state index in [2.05, 4.69) is 16.2 Å². The van der Waals surface area contributed by atoms with Gasteiger partial charge in [-0.2, -0.15) is 0 Å². The average molecular weight is 400 g/mol. The largest absolute Gasteiger partial charge is 0.484 e. The first kappa shape index (κ1) is 20.5. The number of nitrogens with one attached hydrogen (secondary N) is 3. The third kappa shape index (κ3) is 7.22. The van der Waals surface area contributed by atoms with Crippen LogP contribution in [0.5, 0.6) is 5.75 Å². The van der Waals surface area contributed by atoms with Crippen LogP contribution in [0.3, 0.4) is 0 Å². The van der Waals surface area contributed by atoms with Gasteiger partial charge in [0, 0.05) is 18.2 Å². The molecule has 2 aromatic rings. The maximum atomic E-state index is 11.7. The second-order valence-corrected chi connectivity index (χ2v) is 5.68. The predicted molar refractivity (Wildman–Crippen MR) is 106 cm³/mol. The summed E-state index contributed by atoms with van der Waals surface area (Å²) in [5, 5.41) is 12.8. The fourth-order valence-corrected chi connectivity index (χ4v) is 2.05. The molecular weight excluding hydrogens is 384 g/mol. The standard InChI is InChI=1S/C18H16N4O5S/c23-16(11-6-13-4-2-1-3-5-13)19-18(28)21-20-17(24)12-27-15-9-7-14(8-10-15)22(25)26/h1-11H,12H2,(H,20,24)(H2,19,21,23,28). The van der Waals surface area contributed by atoms with Crippen LogP contribution in [-0.4, -0.2) is 28.5 Å². The topological polar surface area (TPSA) is 123 Å². The maximum Gasteiger partial charge on any atom is 0.276 e. The Labute approximate surface area is 165 Å². The number of carbonyl (C=O) groups excluding carboxylic acids is 2. The van der Waals surface area contributed by atoms with Crippen LogP contribution in [0.25, 0.3) is 6.08 Å². The lowest BCUT2D eigenvalue weighted by molar-refractivity contribution is -0.384. The molecule has 0 fully saturated rings. The number of non-ortho nitro benzene ring substituents is 1. The summed E-state index contributed by atoms with van der Waals surface area (Å²) in [6.45, 7) is -0.352. The molecular formula is C18H16N4O5S. The van der Waals surface area contributed by atoms with Gasteiger partial charge in [-0.05, 0) is 36.0 Å². The van der Waals surface area contributed by atoms with Crippen LogP contribution >= 0.6 is 12.2 Å². The van der Waals surface area contributed by atoms with Crippen LogP contribution < -0.4 is 20.9 Å². The molecule has 0 heterocycles. The van der Waals surface area contributed by atoms with E-state index >= 15 is 0 Å². The van der Waals surface area contributed by atoms with Crippen LogP contribution in [0.15, 0.2) is 60.7 Å². The van der Waals surface area contributed by atoms with Gasteiger partial charge in [0.15, 0.2) is 11.7 Å². The molecule has 0 aliphatic carbocycles. The zero-order valence-corrected chi connectivity index (χ0v) is 15.3. The van der Waals surface area contributed by atoms with Crippen LogP contribution in [0.1, 0.15) is 5.56 Å². The number of rotatable bonds is 6. The number of thiocarbonyl (C=S) groups is 1. The summed E-state index contributed by atoms with van der Waals surface area (Å²) < 4.78 is 5.19. The van der Waals surface area contributed by atoms with E-state index in [1.165, 1.54) is 30.3 Å². The highest BCUT2D eigenvalue weighted by Gasteiger charge is 2.07. The highest BCUT2D eigenvalue weighted by molar-refractivity contribution is 7.80. The SMILES string of the molecule is O=C(C=Cc1ccccc1)NC(=S)NNC(=O)COc1ccc([N+](=O)[O-])cc1. The van der Waals surface area contributed by atoms with Crippen LogP contribution in [-0.2, 0) is 9.59 Å². The Balaban J connectivity index is 1.68. The highest BCUT2D eigenvalue weighted by atomic mass is 32.1. The number of hydrogen-bond donors (Lipinski definition) is 3. The van der Waals surface area contributed by atoms with Gasteiger partial charge in [0.05, 0.1) is 4.92 Å². The Kier molecular flexibility index (Phi) is 7.61. The van der Waals surface area contributed by atoms with Gasteiger partial charge in [-0.3, -0.25) is 35.9 Å². The van der Waals surface area contributed by atoms with Crippen molar-refractivity contribution in [3.8, 4) is 5.75 Å². The second kappa shape index (κ2) is 10.4. The fourth-order valence-electron chi connectivity index (χ4n) is 1.90. The summed E-state index contributed by atoms with van der Waals surface area (Å²) >= 11 is 4.90. The predicted octanol–water partition coefficient (Wildman–Crippen LogP) is 1.71. The molecule has 0 radical (unpaired) electrons. The summed E-state index contributed by atoms with van der Waals surface area (Å²) in [5.74, 6) is -0.727. The average Bonchev–Trinajstić information content (AvgIpc) is 2.70. The summed E-state index contributed by atoms with van der Waals surface area (Å²) in [7, 11) is 0. The minimum Gasteiger partial charge on any atom is -0.484 e. The Hall–Kier alpha value is -3.79. The number of hydrogen-bond acceptors (Lipinski definition) is 6. The van der Waals surface area contributed by atoms with Crippen molar-refractivity contribution in [2.75, 3.05) is 6.61 Å². The third-order valence-corrected chi connectivity index (χ3v) is 3.40. The maximum absolute atomic E-state index is 11.7. The van der Waals surface area contributed by atoms with Crippen molar-refractivity contribution in [2.45, 2.75) is 0 Å². The van der Waals surface area contributed by atoms with Gasteiger partial charge in [0.1, 0.15) is 5.75 Å². The number of carbonyl (C=O) groups is 2. The fraction of sp³-hybridized carbons (Fsp3) is 0.0556. The lowest BCUT2D eigenvalue weighted by atomic mass is 10.2. The molecule has 0 saturated heterocycles. The van der Waals surface area contributed by atoms with Gasteiger partial charge >= 0.3 is 0 Å². The van der Waals surface area contributed by atoms with E-state index in [9.17, 15) is 19.7 Å². The first-order valence-corrected chi connectivity index (χ1v) is 8.35. The molecule has 3 N–H and O–H groups in total. The number of hydrazine groups is 1. The van der Waals surface area contributed by atoms with Gasteiger partial charge in [0.25, 0.3) is 11.6 Å². The van der Waals surface area contributed by atoms with Crippen molar-refractivity contribution in [1.82, 2.24) is 16.2 Å². The molecule has 0 saturated carbocycles. The molecule has 0 unspecified atom stereocenters. The van der Waals surface area contributed by atoms with E-state index in [-0.39, 0.29) is 17.4 Å². The van der Waals surface area contributed by atoms with Crippen molar-refractivity contribution in [1.29, 1.82) is 0 Å². The minimum absolute atomic E-state index is 0.0825. The molecule has 2 rings (SSSR count). The summed E-state index contributed by atoms with van der Waals surface area (Å²) in [4.78, 5) is 33.5. The van der Waals surface area contributed by atoms with E-state index in [0.717, 1.165) is 5.56 Å². The zero-order chi connectivity index (χ0) is 20.4.